The number of carbonyl (C=O) groups excluding carboxylic acids is 1. The van der Waals surface area contributed by atoms with Gasteiger partial charge >= 0.3 is 0 Å². The maximum Gasteiger partial charge on any atom is 0.248 e. The number of aromatic nitrogens is 2. The van der Waals surface area contributed by atoms with Crippen LogP contribution in [0.1, 0.15) is 29.3 Å². The lowest BCUT2D eigenvalue weighted by molar-refractivity contribution is 0.0896. The second-order valence-corrected chi connectivity index (χ2v) is 5.83. The summed E-state index contributed by atoms with van der Waals surface area (Å²) in [5, 5.41) is 7.80. The van der Waals surface area contributed by atoms with Gasteiger partial charge in [0.25, 0.3) is 0 Å². The first-order valence-electron chi connectivity index (χ1n) is 8.26. The molecule has 25 heavy (non-hydrogen) atoms. The van der Waals surface area contributed by atoms with Crippen molar-refractivity contribution in [1.82, 2.24) is 9.78 Å². The SMILES string of the molecule is CCC(=O)n1nc(-c2ccccc2)c(C)c1NCc1ccc(F)cc1. The monoisotopic (exact) mass is 337 g/mol. The van der Waals surface area contributed by atoms with Gasteiger partial charge < -0.3 is 5.32 Å². The van der Waals surface area contributed by atoms with Crippen molar-refractivity contribution in [3.8, 4) is 11.3 Å². The van der Waals surface area contributed by atoms with Crippen LogP contribution in [0.5, 0.6) is 0 Å². The summed E-state index contributed by atoms with van der Waals surface area (Å²) in [5.74, 6) is 0.333. The molecule has 4 nitrogen and oxygen atoms in total. The molecule has 128 valence electrons. The van der Waals surface area contributed by atoms with E-state index in [9.17, 15) is 9.18 Å². The number of benzene rings is 2. The highest BCUT2D eigenvalue weighted by Crippen LogP contribution is 2.28. The van der Waals surface area contributed by atoms with E-state index in [-0.39, 0.29) is 11.7 Å². The van der Waals surface area contributed by atoms with E-state index in [0.29, 0.717) is 18.8 Å². The van der Waals surface area contributed by atoms with Crippen LogP contribution in [0, 0.1) is 12.7 Å². The molecule has 0 spiro atoms. The largest absolute Gasteiger partial charge is 0.366 e. The fourth-order valence-electron chi connectivity index (χ4n) is 2.69. The van der Waals surface area contributed by atoms with Gasteiger partial charge in [0.15, 0.2) is 0 Å². The molecule has 1 aromatic heterocycles. The molecule has 0 aliphatic heterocycles. The Balaban J connectivity index is 1.94. The molecule has 0 saturated heterocycles. The summed E-state index contributed by atoms with van der Waals surface area (Å²) in [4.78, 5) is 12.3. The Morgan fingerprint density at radius 2 is 1.80 bits per heavy atom. The molecule has 5 heteroatoms. The van der Waals surface area contributed by atoms with Crippen molar-refractivity contribution in [2.45, 2.75) is 26.8 Å². The second-order valence-electron chi connectivity index (χ2n) is 5.83. The van der Waals surface area contributed by atoms with Gasteiger partial charge in [0.1, 0.15) is 11.6 Å². The van der Waals surface area contributed by atoms with E-state index in [1.165, 1.54) is 16.8 Å². The Morgan fingerprint density at radius 1 is 1.12 bits per heavy atom. The van der Waals surface area contributed by atoms with E-state index in [1.54, 1.807) is 12.1 Å². The number of nitrogens with one attached hydrogen (secondary N) is 1. The molecule has 0 fully saturated rings. The van der Waals surface area contributed by atoms with Crippen molar-refractivity contribution in [1.29, 1.82) is 0 Å². The number of rotatable bonds is 5. The van der Waals surface area contributed by atoms with Gasteiger partial charge in [-0.2, -0.15) is 9.78 Å². The molecule has 0 unspecified atom stereocenters. The molecule has 0 aliphatic carbocycles. The van der Waals surface area contributed by atoms with Gasteiger partial charge in [-0.05, 0) is 24.6 Å². The van der Waals surface area contributed by atoms with Crippen LogP contribution in [-0.4, -0.2) is 15.7 Å². The maximum atomic E-state index is 13.0. The standard InChI is InChI=1S/C20H20FN3O/c1-3-18(25)24-20(22-13-15-9-11-17(21)12-10-15)14(2)19(23-24)16-7-5-4-6-8-16/h4-12,22H,3,13H2,1-2H3. The minimum Gasteiger partial charge on any atom is -0.366 e. The number of nitrogens with zero attached hydrogens (tertiary/aromatic N) is 2. The van der Waals surface area contributed by atoms with Gasteiger partial charge in [-0.15, -0.1) is 0 Å². The van der Waals surface area contributed by atoms with Crippen molar-refractivity contribution in [3.63, 3.8) is 0 Å². The van der Waals surface area contributed by atoms with Crippen molar-refractivity contribution in [2.24, 2.45) is 0 Å². The summed E-state index contributed by atoms with van der Waals surface area (Å²) in [7, 11) is 0. The van der Waals surface area contributed by atoms with Gasteiger partial charge in [-0.25, -0.2) is 4.39 Å². The smallest absolute Gasteiger partial charge is 0.248 e. The Labute approximate surface area is 146 Å². The van der Waals surface area contributed by atoms with Crippen LogP contribution in [0.25, 0.3) is 11.3 Å². The Kier molecular flexibility index (Phi) is 4.93. The predicted octanol–water partition coefficient (Wildman–Crippen LogP) is 4.66. The zero-order valence-electron chi connectivity index (χ0n) is 14.3. The highest BCUT2D eigenvalue weighted by molar-refractivity contribution is 5.84. The molecule has 0 saturated carbocycles. The Hall–Kier alpha value is -2.95. The number of hydrogen-bond donors (Lipinski definition) is 1. The van der Waals surface area contributed by atoms with Crippen molar-refractivity contribution >= 4 is 11.7 Å². The third-order valence-electron chi connectivity index (χ3n) is 4.08. The van der Waals surface area contributed by atoms with E-state index >= 15 is 0 Å². The summed E-state index contributed by atoms with van der Waals surface area (Å²) < 4.78 is 14.5. The second kappa shape index (κ2) is 7.30. The molecule has 3 rings (SSSR count). The first-order chi connectivity index (χ1) is 12.1. The van der Waals surface area contributed by atoms with Gasteiger partial charge in [0.05, 0.1) is 5.69 Å². The lowest BCUT2D eigenvalue weighted by atomic mass is 10.1. The Morgan fingerprint density at radius 3 is 2.44 bits per heavy atom. The first-order valence-corrected chi connectivity index (χ1v) is 8.26. The van der Waals surface area contributed by atoms with Gasteiger partial charge in [0, 0.05) is 24.1 Å². The normalized spacial score (nSPS) is 10.7. The van der Waals surface area contributed by atoms with E-state index in [0.717, 1.165) is 22.4 Å². The van der Waals surface area contributed by atoms with Crippen molar-refractivity contribution < 1.29 is 9.18 Å². The van der Waals surface area contributed by atoms with Gasteiger partial charge in [0.2, 0.25) is 5.91 Å². The van der Waals surface area contributed by atoms with Crippen LogP contribution < -0.4 is 5.32 Å². The molecule has 1 N–H and O–H groups in total. The molecular formula is C20H20FN3O. The van der Waals surface area contributed by atoms with Crippen molar-refractivity contribution in [3.05, 3.63) is 71.5 Å². The van der Waals surface area contributed by atoms with E-state index in [1.807, 2.05) is 44.2 Å². The van der Waals surface area contributed by atoms with E-state index in [4.69, 9.17) is 0 Å². The molecule has 0 bridgehead atoms. The fourth-order valence-corrected chi connectivity index (χ4v) is 2.69. The van der Waals surface area contributed by atoms with Gasteiger partial charge in [-0.3, -0.25) is 4.79 Å². The molecule has 0 atom stereocenters. The zero-order chi connectivity index (χ0) is 17.8. The van der Waals surface area contributed by atoms with Crippen LogP contribution >= 0.6 is 0 Å². The molecule has 3 aromatic rings. The summed E-state index contributed by atoms with van der Waals surface area (Å²) in [6.07, 6.45) is 0.362. The highest BCUT2D eigenvalue weighted by atomic mass is 19.1. The van der Waals surface area contributed by atoms with E-state index in [2.05, 4.69) is 10.4 Å². The number of anilines is 1. The predicted molar refractivity (Wildman–Crippen MR) is 97.0 cm³/mol. The number of hydrogen-bond acceptors (Lipinski definition) is 3. The highest BCUT2D eigenvalue weighted by Gasteiger charge is 2.19. The molecule has 1 heterocycles. The summed E-state index contributed by atoms with van der Waals surface area (Å²) in [6, 6.07) is 16.1. The third kappa shape index (κ3) is 3.60. The maximum absolute atomic E-state index is 13.0. The van der Waals surface area contributed by atoms with Crippen molar-refractivity contribution in [2.75, 3.05) is 5.32 Å². The first kappa shape index (κ1) is 16.9. The van der Waals surface area contributed by atoms with Crippen LogP contribution in [0.4, 0.5) is 10.2 Å². The van der Waals surface area contributed by atoms with Crippen LogP contribution in [0.15, 0.2) is 54.6 Å². The number of carbonyl (C=O) groups is 1. The lowest BCUT2D eigenvalue weighted by Gasteiger charge is -2.09. The summed E-state index contributed by atoms with van der Waals surface area (Å²) >= 11 is 0. The molecule has 0 amide bonds. The fraction of sp³-hybridized carbons (Fsp3) is 0.200. The topological polar surface area (TPSA) is 46.9 Å². The number of halogens is 1. The van der Waals surface area contributed by atoms with Crippen LogP contribution in [0.2, 0.25) is 0 Å². The minimum absolute atomic E-state index is 0.0770. The third-order valence-corrected chi connectivity index (χ3v) is 4.08. The molecular weight excluding hydrogens is 317 g/mol. The average Bonchev–Trinajstić information content (AvgIpc) is 2.98. The summed E-state index contributed by atoms with van der Waals surface area (Å²) in [5.41, 5.74) is 3.59. The van der Waals surface area contributed by atoms with Gasteiger partial charge in [-0.1, -0.05) is 49.4 Å². The average molecular weight is 337 g/mol. The molecule has 2 aromatic carbocycles. The minimum atomic E-state index is -0.266. The lowest BCUT2D eigenvalue weighted by Crippen LogP contribution is -2.15. The van der Waals surface area contributed by atoms with Crippen LogP contribution in [0.3, 0.4) is 0 Å². The zero-order valence-corrected chi connectivity index (χ0v) is 14.3. The molecule has 0 aliphatic rings. The van der Waals surface area contributed by atoms with Crippen LogP contribution in [-0.2, 0) is 6.54 Å². The van der Waals surface area contributed by atoms with E-state index < -0.39 is 0 Å². The summed E-state index contributed by atoms with van der Waals surface area (Å²) in [6.45, 7) is 4.24. The quantitative estimate of drug-likeness (QED) is 0.736. The Bertz CT molecular complexity index is 870. The molecule has 0 radical (unpaired) electrons.